The molecule has 1 aromatic heterocycles. The van der Waals surface area contributed by atoms with Crippen molar-refractivity contribution in [3.05, 3.63) is 54.1 Å². The number of rotatable bonds is 5. The fourth-order valence-electron chi connectivity index (χ4n) is 2.13. The van der Waals surface area contributed by atoms with Crippen LogP contribution in [0.25, 0.3) is 10.2 Å². The summed E-state index contributed by atoms with van der Waals surface area (Å²) in [5, 5.41) is 0.501. The van der Waals surface area contributed by atoms with Gasteiger partial charge in [-0.2, -0.15) is 0 Å². The van der Waals surface area contributed by atoms with Gasteiger partial charge >= 0.3 is 0 Å². The predicted molar refractivity (Wildman–Crippen MR) is 94.6 cm³/mol. The highest BCUT2D eigenvalue weighted by Gasteiger charge is 2.19. The van der Waals surface area contributed by atoms with Gasteiger partial charge in [0.1, 0.15) is 5.75 Å². The second kappa shape index (κ2) is 6.58. The Morgan fingerprint density at radius 3 is 2.67 bits per heavy atom. The lowest BCUT2D eigenvalue weighted by molar-refractivity contribution is -0.118. The summed E-state index contributed by atoms with van der Waals surface area (Å²) in [6.45, 7) is 1.99. The number of aromatic nitrogens is 1. The van der Waals surface area contributed by atoms with Gasteiger partial charge in [-0.15, -0.1) is 0 Å². The van der Waals surface area contributed by atoms with Crippen molar-refractivity contribution in [2.45, 2.75) is 11.8 Å². The first kappa shape index (κ1) is 16.4. The first-order valence-corrected chi connectivity index (χ1v) is 9.61. The normalized spacial score (nSPS) is 11.4. The third-order valence-corrected chi connectivity index (χ3v) is 5.84. The summed E-state index contributed by atoms with van der Waals surface area (Å²) < 4.78 is 25.3. The zero-order chi connectivity index (χ0) is 17.2. The van der Waals surface area contributed by atoms with E-state index in [4.69, 9.17) is 0 Å². The number of benzene rings is 2. The van der Waals surface area contributed by atoms with Crippen molar-refractivity contribution in [1.82, 2.24) is 10.4 Å². The Hall–Kier alpha value is -2.45. The number of nitrogens with one attached hydrogen (secondary N) is 2. The fourth-order valence-corrected chi connectivity index (χ4v) is 4.20. The van der Waals surface area contributed by atoms with Gasteiger partial charge in [-0.05, 0) is 36.8 Å². The van der Waals surface area contributed by atoms with E-state index in [1.807, 2.05) is 25.1 Å². The third kappa shape index (κ3) is 3.72. The van der Waals surface area contributed by atoms with Crippen LogP contribution in [0, 0.1) is 6.92 Å². The minimum absolute atomic E-state index is 0.121. The topological polar surface area (TPSA) is 88.2 Å². The van der Waals surface area contributed by atoms with E-state index >= 15 is 0 Å². The van der Waals surface area contributed by atoms with Gasteiger partial charge in [0, 0.05) is 0 Å². The Balaban J connectivity index is 1.64. The lowest BCUT2D eigenvalue weighted by Gasteiger charge is -2.06. The SMILES string of the molecule is Cc1ccc2nc(NNC(=O)CS(=O)(=O)c3ccccc3)sc2c1. The maximum absolute atomic E-state index is 12.1. The number of carbonyl (C=O) groups is 1. The number of sulfone groups is 1. The lowest BCUT2D eigenvalue weighted by Crippen LogP contribution is -2.34. The van der Waals surface area contributed by atoms with Crippen molar-refractivity contribution < 1.29 is 13.2 Å². The minimum atomic E-state index is -3.66. The Morgan fingerprint density at radius 2 is 1.92 bits per heavy atom. The molecule has 124 valence electrons. The van der Waals surface area contributed by atoms with E-state index in [9.17, 15) is 13.2 Å². The van der Waals surface area contributed by atoms with E-state index < -0.39 is 21.5 Å². The molecule has 24 heavy (non-hydrogen) atoms. The molecule has 0 atom stereocenters. The van der Waals surface area contributed by atoms with Crippen LogP contribution in [0.5, 0.6) is 0 Å². The molecule has 0 aliphatic rings. The summed E-state index contributed by atoms with van der Waals surface area (Å²) in [6, 6.07) is 13.7. The number of anilines is 1. The predicted octanol–water partition coefficient (Wildman–Crippen LogP) is 2.52. The number of amides is 1. The van der Waals surface area contributed by atoms with Crippen molar-refractivity contribution in [2.24, 2.45) is 0 Å². The molecule has 0 aliphatic carbocycles. The van der Waals surface area contributed by atoms with Gasteiger partial charge in [0.2, 0.25) is 5.13 Å². The van der Waals surface area contributed by atoms with Gasteiger partial charge in [0.05, 0.1) is 15.1 Å². The molecule has 2 N–H and O–H groups in total. The maximum Gasteiger partial charge on any atom is 0.253 e. The molecular weight excluding hydrogens is 346 g/mol. The lowest BCUT2D eigenvalue weighted by atomic mass is 10.2. The summed E-state index contributed by atoms with van der Waals surface area (Å²) in [5.41, 5.74) is 6.99. The molecule has 6 nitrogen and oxygen atoms in total. The van der Waals surface area contributed by atoms with E-state index in [1.165, 1.54) is 23.5 Å². The number of hydrazine groups is 1. The number of fused-ring (bicyclic) bond motifs is 1. The zero-order valence-corrected chi connectivity index (χ0v) is 14.4. The molecular formula is C16H15N3O3S2. The summed E-state index contributed by atoms with van der Waals surface area (Å²) >= 11 is 1.38. The van der Waals surface area contributed by atoms with Crippen LogP contribution in [-0.4, -0.2) is 25.1 Å². The van der Waals surface area contributed by atoms with Crippen molar-refractivity contribution >= 4 is 42.4 Å². The van der Waals surface area contributed by atoms with E-state index in [-0.39, 0.29) is 4.90 Å². The summed E-state index contributed by atoms with van der Waals surface area (Å²) in [5.74, 6) is -1.28. The molecule has 1 heterocycles. The van der Waals surface area contributed by atoms with Crippen molar-refractivity contribution in [3.8, 4) is 0 Å². The van der Waals surface area contributed by atoms with Gasteiger partial charge in [-0.25, -0.2) is 13.4 Å². The molecule has 0 aliphatic heterocycles. The van der Waals surface area contributed by atoms with Gasteiger partial charge in [-0.1, -0.05) is 35.6 Å². The first-order valence-electron chi connectivity index (χ1n) is 7.14. The van der Waals surface area contributed by atoms with Crippen molar-refractivity contribution in [3.63, 3.8) is 0 Å². The number of carbonyl (C=O) groups excluding carboxylic acids is 1. The van der Waals surface area contributed by atoms with Crippen LogP contribution in [0.4, 0.5) is 5.13 Å². The molecule has 0 saturated heterocycles. The quantitative estimate of drug-likeness (QED) is 0.682. The van der Waals surface area contributed by atoms with Crippen LogP contribution in [-0.2, 0) is 14.6 Å². The summed E-state index contributed by atoms with van der Waals surface area (Å²) in [7, 11) is -3.66. The van der Waals surface area contributed by atoms with E-state index in [2.05, 4.69) is 15.8 Å². The molecule has 1 amide bonds. The largest absolute Gasteiger partial charge is 0.273 e. The molecule has 3 rings (SSSR count). The van der Waals surface area contributed by atoms with Crippen LogP contribution in [0.1, 0.15) is 5.56 Å². The molecule has 8 heteroatoms. The van der Waals surface area contributed by atoms with Crippen LogP contribution >= 0.6 is 11.3 Å². The van der Waals surface area contributed by atoms with Crippen LogP contribution < -0.4 is 10.9 Å². The highest BCUT2D eigenvalue weighted by atomic mass is 32.2. The monoisotopic (exact) mass is 361 g/mol. The minimum Gasteiger partial charge on any atom is -0.273 e. The highest BCUT2D eigenvalue weighted by molar-refractivity contribution is 7.92. The van der Waals surface area contributed by atoms with E-state index in [1.54, 1.807) is 18.2 Å². The van der Waals surface area contributed by atoms with Crippen LogP contribution in [0.15, 0.2) is 53.4 Å². The molecule has 0 unspecified atom stereocenters. The van der Waals surface area contributed by atoms with Crippen molar-refractivity contribution in [2.75, 3.05) is 11.2 Å². The number of hydrogen-bond donors (Lipinski definition) is 2. The maximum atomic E-state index is 12.1. The Kier molecular flexibility index (Phi) is 4.50. The Labute approximate surface area is 143 Å². The number of aryl methyl sites for hydroxylation is 1. The fraction of sp³-hybridized carbons (Fsp3) is 0.125. The zero-order valence-electron chi connectivity index (χ0n) is 12.8. The second-order valence-electron chi connectivity index (χ2n) is 5.24. The standard InChI is InChI=1S/C16H15N3O3S2/c1-11-7-8-13-14(9-11)23-16(17-13)19-18-15(20)10-24(21,22)12-5-3-2-4-6-12/h2-9H,10H2,1H3,(H,17,19)(H,18,20). The van der Waals surface area contributed by atoms with Gasteiger partial charge < -0.3 is 0 Å². The van der Waals surface area contributed by atoms with Gasteiger partial charge in [-0.3, -0.25) is 15.6 Å². The van der Waals surface area contributed by atoms with Crippen LogP contribution in [0.3, 0.4) is 0 Å². The molecule has 2 aromatic carbocycles. The number of hydrogen-bond acceptors (Lipinski definition) is 6. The molecule has 0 fully saturated rings. The van der Waals surface area contributed by atoms with E-state index in [0.29, 0.717) is 5.13 Å². The van der Waals surface area contributed by atoms with Gasteiger partial charge in [0.15, 0.2) is 9.84 Å². The highest BCUT2D eigenvalue weighted by Crippen LogP contribution is 2.26. The molecule has 0 bridgehead atoms. The average Bonchev–Trinajstić information content (AvgIpc) is 2.95. The Bertz CT molecular complexity index is 982. The number of nitrogens with zero attached hydrogens (tertiary/aromatic N) is 1. The summed E-state index contributed by atoms with van der Waals surface area (Å²) in [4.78, 5) is 16.3. The van der Waals surface area contributed by atoms with Crippen molar-refractivity contribution in [1.29, 1.82) is 0 Å². The molecule has 0 spiro atoms. The smallest absolute Gasteiger partial charge is 0.253 e. The first-order chi connectivity index (χ1) is 11.4. The number of thiazole rings is 1. The second-order valence-corrected chi connectivity index (χ2v) is 8.26. The molecule has 0 radical (unpaired) electrons. The third-order valence-electron chi connectivity index (χ3n) is 3.28. The van der Waals surface area contributed by atoms with Gasteiger partial charge in [0.25, 0.3) is 5.91 Å². The molecule has 3 aromatic rings. The molecule has 0 saturated carbocycles. The Morgan fingerprint density at radius 1 is 1.17 bits per heavy atom. The van der Waals surface area contributed by atoms with Crippen LogP contribution in [0.2, 0.25) is 0 Å². The average molecular weight is 361 g/mol. The van der Waals surface area contributed by atoms with E-state index in [0.717, 1.165) is 15.8 Å². The summed E-state index contributed by atoms with van der Waals surface area (Å²) in [6.07, 6.45) is 0.